The van der Waals surface area contributed by atoms with Crippen LogP contribution >= 0.6 is 0 Å². The van der Waals surface area contributed by atoms with Crippen LogP contribution in [0.3, 0.4) is 0 Å². The molecule has 0 aliphatic heterocycles. The average Bonchev–Trinajstić information content (AvgIpc) is 2.36. The Morgan fingerprint density at radius 3 is 2.16 bits per heavy atom. The number of aliphatic hydroxyl groups is 1. The van der Waals surface area contributed by atoms with E-state index in [0.29, 0.717) is 5.56 Å². The largest absolute Gasteiger partial charge is 0.401 e. The molecule has 1 atom stereocenters. The summed E-state index contributed by atoms with van der Waals surface area (Å²) in [6.45, 7) is 2.92. The molecular formula is C14H20F3NO. The summed E-state index contributed by atoms with van der Waals surface area (Å²) in [6, 6.07) is 7.31. The molecule has 0 fully saturated rings. The number of benzene rings is 1. The Labute approximate surface area is 111 Å². The van der Waals surface area contributed by atoms with Crippen LogP contribution in [0.25, 0.3) is 0 Å². The van der Waals surface area contributed by atoms with Crippen molar-refractivity contribution in [2.45, 2.75) is 32.5 Å². The number of aryl methyl sites for hydroxylation is 1. The molecule has 0 amide bonds. The maximum Gasteiger partial charge on any atom is 0.401 e. The molecule has 1 rings (SSSR count). The van der Waals surface area contributed by atoms with Crippen molar-refractivity contribution >= 4 is 0 Å². The van der Waals surface area contributed by atoms with Crippen LogP contribution in [0.15, 0.2) is 24.3 Å². The first-order valence-corrected chi connectivity index (χ1v) is 6.41. The molecule has 0 spiro atoms. The van der Waals surface area contributed by atoms with Gasteiger partial charge in [0.1, 0.15) is 0 Å². The van der Waals surface area contributed by atoms with Gasteiger partial charge in [0.05, 0.1) is 12.6 Å². The van der Waals surface area contributed by atoms with Gasteiger partial charge in [-0.25, -0.2) is 0 Å². The summed E-state index contributed by atoms with van der Waals surface area (Å²) in [5, 5.41) is 9.97. The highest BCUT2D eigenvalue weighted by Gasteiger charge is 2.30. The topological polar surface area (TPSA) is 23.5 Å². The second kappa shape index (κ2) is 6.91. The van der Waals surface area contributed by atoms with Gasteiger partial charge in [0.15, 0.2) is 0 Å². The van der Waals surface area contributed by atoms with Gasteiger partial charge in [0.25, 0.3) is 0 Å². The van der Waals surface area contributed by atoms with Crippen molar-refractivity contribution in [3.63, 3.8) is 0 Å². The molecule has 1 aromatic rings. The smallest absolute Gasteiger partial charge is 0.387 e. The highest BCUT2D eigenvalue weighted by molar-refractivity contribution is 5.24. The molecule has 0 saturated heterocycles. The van der Waals surface area contributed by atoms with Crippen LogP contribution in [-0.2, 0) is 6.42 Å². The minimum atomic E-state index is -4.23. The zero-order valence-electron chi connectivity index (χ0n) is 11.2. The fourth-order valence-electron chi connectivity index (χ4n) is 1.88. The van der Waals surface area contributed by atoms with E-state index >= 15 is 0 Å². The molecule has 0 saturated carbocycles. The lowest BCUT2D eigenvalue weighted by Gasteiger charge is -2.24. The minimum Gasteiger partial charge on any atom is -0.387 e. The zero-order valence-corrected chi connectivity index (χ0v) is 11.2. The number of aliphatic hydroxyl groups excluding tert-OH is 1. The molecule has 19 heavy (non-hydrogen) atoms. The maximum atomic E-state index is 12.3. The van der Waals surface area contributed by atoms with E-state index in [4.69, 9.17) is 0 Å². The van der Waals surface area contributed by atoms with Crippen molar-refractivity contribution < 1.29 is 18.3 Å². The highest BCUT2D eigenvalue weighted by atomic mass is 19.4. The summed E-state index contributed by atoms with van der Waals surface area (Å²) < 4.78 is 37.0. The first-order chi connectivity index (χ1) is 8.85. The quantitative estimate of drug-likeness (QED) is 0.862. The van der Waals surface area contributed by atoms with Crippen LogP contribution in [0.2, 0.25) is 0 Å². The minimum absolute atomic E-state index is 0.0124. The summed E-state index contributed by atoms with van der Waals surface area (Å²) >= 11 is 0. The zero-order chi connectivity index (χ0) is 14.5. The van der Waals surface area contributed by atoms with Crippen LogP contribution in [-0.4, -0.2) is 35.8 Å². The van der Waals surface area contributed by atoms with Crippen molar-refractivity contribution in [1.82, 2.24) is 4.90 Å². The first-order valence-electron chi connectivity index (χ1n) is 6.41. The Kier molecular flexibility index (Phi) is 5.82. The summed E-state index contributed by atoms with van der Waals surface area (Å²) in [5.41, 5.74) is 1.79. The van der Waals surface area contributed by atoms with Gasteiger partial charge in [0, 0.05) is 6.54 Å². The number of nitrogens with zero attached hydrogens (tertiary/aromatic N) is 1. The van der Waals surface area contributed by atoms with Gasteiger partial charge in [-0.05, 0) is 24.1 Å². The average molecular weight is 275 g/mol. The fraction of sp³-hybridized carbons (Fsp3) is 0.571. The Morgan fingerprint density at radius 1 is 1.16 bits per heavy atom. The van der Waals surface area contributed by atoms with Crippen molar-refractivity contribution in [1.29, 1.82) is 0 Å². The molecule has 0 heterocycles. The van der Waals surface area contributed by atoms with E-state index in [0.717, 1.165) is 12.0 Å². The Hall–Kier alpha value is -1.07. The molecule has 1 N–H and O–H groups in total. The van der Waals surface area contributed by atoms with Crippen molar-refractivity contribution in [3.8, 4) is 0 Å². The molecule has 5 heteroatoms. The molecule has 0 bridgehead atoms. The third kappa shape index (κ3) is 5.61. The van der Waals surface area contributed by atoms with Crippen LogP contribution in [0.5, 0.6) is 0 Å². The Balaban J connectivity index is 2.63. The summed E-state index contributed by atoms with van der Waals surface area (Å²) in [4.78, 5) is 1.19. The lowest BCUT2D eigenvalue weighted by atomic mass is 10.1. The summed E-state index contributed by atoms with van der Waals surface area (Å²) in [5.74, 6) is 0. The molecule has 108 valence electrons. The van der Waals surface area contributed by atoms with E-state index in [1.165, 1.54) is 4.90 Å². The third-order valence-electron chi connectivity index (χ3n) is 3.05. The summed E-state index contributed by atoms with van der Waals surface area (Å²) in [6.07, 6.45) is -4.24. The Morgan fingerprint density at radius 2 is 1.74 bits per heavy atom. The molecular weight excluding hydrogens is 255 g/mol. The van der Waals surface area contributed by atoms with Crippen molar-refractivity contribution in [2.75, 3.05) is 19.6 Å². The highest BCUT2D eigenvalue weighted by Crippen LogP contribution is 2.20. The van der Waals surface area contributed by atoms with Crippen LogP contribution in [0, 0.1) is 0 Å². The second-order valence-electron chi connectivity index (χ2n) is 4.55. The molecule has 1 aromatic carbocycles. The second-order valence-corrected chi connectivity index (χ2v) is 4.55. The van der Waals surface area contributed by atoms with Gasteiger partial charge >= 0.3 is 6.18 Å². The van der Waals surface area contributed by atoms with E-state index in [1.54, 1.807) is 19.1 Å². The first kappa shape index (κ1) is 16.0. The standard InChI is InChI=1S/C14H20F3NO/c1-3-11-5-7-12(8-6-11)13(19)9-18(4-2)10-14(15,16)17/h5-8,13,19H,3-4,9-10H2,1-2H3. The van der Waals surface area contributed by atoms with Gasteiger partial charge in [-0.1, -0.05) is 38.1 Å². The predicted molar refractivity (Wildman–Crippen MR) is 68.9 cm³/mol. The SMILES string of the molecule is CCc1ccc(C(O)CN(CC)CC(F)(F)F)cc1. The van der Waals surface area contributed by atoms with E-state index in [-0.39, 0.29) is 13.1 Å². The molecule has 1 unspecified atom stereocenters. The monoisotopic (exact) mass is 275 g/mol. The molecule has 0 aromatic heterocycles. The van der Waals surface area contributed by atoms with Gasteiger partial charge in [0.2, 0.25) is 0 Å². The van der Waals surface area contributed by atoms with Gasteiger partial charge in [-0.3, -0.25) is 4.90 Å². The van der Waals surface area contributed by atoms with Gasteiger partial charge in [-0.15, -0.1) is 0 Å². The number of alkyl halides is 3. The molecule has 0 aliphatic carbocycles. The number of hydrogen-bond donors (Lipinski definition) is 1. The normalized spacial score (nSPS) is 13.8. The number of likely N-dealkylation sites (N-methyl/N-ethyl adjacent to an activating group) is 1. The van der Waals surface area contributed by atoms with E-state index in [9.17, 15) is 18.3 Å². The van der Waals surface area contributed by atoms with Crippen molar-refractivity contribution in [2.24, 2.45) is 0 Å². The third-order valence-corrected chi connectivity index (χ3v) is 3.05. The lowest BCUT2D eigenvalue weighted by molar-refractivity contribution is -0.148. The van der Waals surface area contributed by atoms with Crippen LogP contribution in [0.1, 0.15) is 31.1 Å². The fourth-order valence-corrected chi connectivity index (χ4v) is 1.88. The Bertz CT molecular complexity index is 375. The lowest BCUT2D eigenvalue weighted by Crippen LogP contribution is -2.36. The number of hydrogen-bond acceptors (Lipinski definition) is 2. The molecule has 0 radical (unpaired) electrons. The van der Waals surface area contributed by atoms with E-state index in [1.807, 2.05) is 19.1 Å². The van der Waals surface area contributed by atoms with Crippen molar-refractivity contribution in [3.05, 3.63) is 35.4 Å². The van der Waals surface area contributed by atoms with E-state index < -0.39 is 18.8 Å². The van der Waals surface area contributed by atoms with Gasteiger partial charge in [-0.2, -0.15) is 13.2 Å². The maximum absolute atomic E-state index is 12.3. The molecule has 0 aliphatic rings. The van der Waals surface area contributed by atoms with Crippen LogP contribution < -0.4 is 0 Å². The number of rotatable bonds is 6. The summed E-state index contributed by atoms with van der Waals surface area (Å²) in [7, 11) is 0. The van der Waals surface area contributed by atoms with Gasteiger partial charge < -0.3 is 5.11 Å². The predicted octanol–water partition coefficient (Wildman–Crippen LogP) is 3.17. The van der Waals surface area contributed by atoms with E-state index in [2.05, 4.69) is 0 Å². The number of halogens is 3. The molecule has 2 nitrogen and oxygen atoms in total. The van der Waals surface area contributed by atoms with Crippen LogP contribution in [0.4, 0.5) is 13.2 Å².